The molecule has 1 aromatic rings. The van der Waals surface area contributed by atoms with Gasteiger partial charge in [-0.05, 0) is 25.0 Å². The number of carbonyl (C=O) groups is 2. The maximum absolute atomic E-state index is 13.7. The highest BCUT2D eigenvalue weighted by molar-refractivity contribution is 8.02. The van der Waals surface area contributed by atoms with Gasteiger partial charge in [0.15, 0.2) is 27.3 Å². The molecule has 0 radical (unpaired) electrons. The molecule has 1 saturated heterocycles. The van der Waals surface area contributed by atoms with Crippen LogP contribution in [-0.2, 0) is 19.4 Å². The van der Waals surface area contributed by atoms with E-state index in [0.29, 0.717) is 18.9 Å². The minimum Gasteiger partial charge on any atom is -0.333 e. The van der Waals surface area contributed by atoms with Crippen LogP contribution in [0.1, 0.15) is 19.8 Å². The molecule has 11 heteroatoms. The topological polar surface area (TPSA) is 83.6 Å². The Morgan fingerprint density at radius 1 is 1.25 bits per heavy atom. The Morgan fingerprint density at radius 2 is 1.96 bits per heavy atom. The first kappa shape index (κ1) is 22.5. The summed E-state index contributed by atoms with van der Waals surface area (Å²) < 4.78 is 62.8. The standard InChI is InChI=1S/C17H21F3N2O4S2/c1-2-6-22(15(24)9-27-11-5-7-28(25,26)10-11)8-14(23)21-13-4-3-12(18)16(19)17(13)20/h3-4,11H,2,5-10H2,1H3,(H,21,23). The van der Waals surface area contributed by atoms with Crippen LogP contribution in [0.2, 0.25) is 0 Å². The quantitative estimate of drug-likeness (QED) is 0.629. The van der Waals surface area contributed by atoms with Crippen LogP contribution < -0.4 is 5.32 Å². The molecule has 1 heterocycles. The highest BCUT2D eigenvalue weighted by atomic mass is 32.2. The minimum absolute atomic E-state index is 0.0208. The van der Waals surface area contributed by atoms with E-state index in [0.717, 1.165) is 6.07 Å². The van der Waals surface area contributed by atoms with Crippen LogP contribution >= 0.6 is 11.8 Å². The van der Waals surface area contributed by atoms with E-state index < -0.39 is 38.9 Å². The Balaban J connectivity index is 1.93. The molecular formula is C17H21F3N2O4S2. The SMILES string of the molecule is CCCN(CC(=O)Nc1ccc(F)c(F)c1F)C(=O)CSC1CCS(=O)(=O)C1. The second kappa shape index (κ2) is 9.64. The van der Waals surface area contributed by atoms with Crippen LogP contribution in [0, 0.1) is 17.5 Å². The number of nitrogens with one attached hydrogen (secondary N) is 1. The first-order chi connectivity index (χ1) is 13.1. The summed E-state index contributed by atoms with van der Waals surface area (Å²) in [6.45, 7) is 1.70. The van der Waals surface area contributed by atoms with Gasteiger partial charge in [0, 0.05) is 11.8 Å². The van der Waals surface area contributed by atoms with Gasteiger partial charge < -0.3 is 10.2 Å². The molecule has 0 saturated carbocycles. The summed E-state index contributed by atoms with van der Waals surface area (Å²) in [6.07, 6.45) is 1.06. The van der Waals surface area contributed by atoms with E-state index >= 15 is 0 Å². The van der Waals surface area contributed by atoms with Crippen molar-refractivity contribution in [3.05, 3.63) is 29.6 Å². The number of nitrogens with zero attached hydrogens (tertiary/aromatic N) is 1. The number of sulfone groups is 1. The Hall–Kier alpha value is -1.75. The summed E-state index contributed by atoms with van der Waals surface area (Å²) in [4.78, 5) is 25.8. The van der Waals surface area contributed by atoms with Gasteiger partial charge in [-0.25, -0.2) is 21.6 Å². The van der Waals surface area contributed by atoms with Crippen LogP contribution in [0.15, 0.2) is 12.1 Å². The van der Waals surface area contributed by atoms with Gasteiger partial charge in [0.1, 0.15) is 0 Å². The number of amides is 2. The largest absolute Gasteiger partial charge is 0.333 e. The Morgan fingerprint density at radius 3 is 2.57 bits per heavy atom. The van der Waals surface area contributed by atoms with Crippen LogP contribution in [0.25, 0.3) is 0 Å². The predicted molar refractivity (Wildman–Crippen MR) is 101 cm³/mol. The van der Waals surface area contributed by atoms with Crippen molar-refractivity contribution in [3.8, 4) is 0 Å². The number of thioether (sulfide) groups is 1. The molecule has 0 bridgehead atoms. The molecular weight excluding hydrogens is 417 g/mol. The van der Waals surface area contributed by atoms with E-state index in [2.05, 4.69) is 5.32 Å². The van der Waals surface area contributed by atoms with Crippen LogP contribution in [-0.4, -0.2) is 60.7 Å². The average Bonchev–Trinajstić information content (AvgIpc) is 2.98. The molecule has 1 aliphatic rings. The number of benzene rings is 1. The third kappa shape index (κ3) is 6.13. The maximum Gasteiger partial charge on any atom is 0.244 e. The molecule has 0 spiro atoms. The average molecular weight is 438 g/mol. The molecule has 2 rings (SSSR count). The van der Waals surface area contributed by atoms with Crippen molar-refractivity contribution in [2.24, 2.45) is 0 Å². The lowest BCUT2D eigenvalue weighted by atomic mass is 10.2. The molecule has 28 heavy (non-hydrogen) atoms. The lowest BCUT2D eigenvalue weighted by molar-refractivity contribution is -0.132. The van der Waals surface area contributed by atoms with Crippen LogP contribution in [0.5, 0.6) is 0 Å². The molecule has 0 aliphatic carbocycles. The van der Waals surface area contributed by atoms with Crippen molar-refractivity contribution >= 4 is 39.1 Å². The fraction of sp³-hybridized carbons (Fsp3) is 0.529. The summed E-state index contributed by atoms with van der Waals surface area (Å²) in [5, 5.41) is 1.98. The fourth-order valence-electron chi connectivity index (χ4n) is 2.72. The van der Waals surface area contributed by atoms with Crippen LogP contribution in [0.3, 0.4) is 0 Å². The molecule has 1 N–H and O–H groups in total. The molecule has 1 aromatic carbocycles. The molecule has 1 atom stereocenters. The molecule has 1 aliphatic heterocycles. The maximum atomic E-state index is 13.7. The van der Waals surface area contributed by atoms with Gasteiger partial charge in [0.05, 0.1) is 29.5 Å². The third-order valence-corrected chi connectivity index (χ3v) is 7.39. The van der Waals surface area contributed by atoms with Crippen molar-refractivity contribution in [3.63, 3.8) is 0 Å². The van der Waals surface area contributed by atoms with E-state index in [1.165, 1.54) is 16.7 Å². The third-order valence-electron chi connectivity index (χ3n) is 4.12. The highest BCUT2D eigenvalue weighted by Crippen LogP contribution is 2.24. The van der Waals surface area contributed by atoms with Crippen molar-refractivity contribution in [2.45, 2.75) is 25.0 Å². The zero-order valence-electron chi connectivity index (χ0n) is 15.2. The van der Waals surface area contributed by atoms with E-state index in [9.17, 15) is 31.2 Å². The molecule has 1 unspecified atom stereocenters. The van der Waals surface area contributed by atoms with E-state index in [-0.39, 0.29) is 41.5 Å². The number of halogens is 3. The Labute approximate surface area is 165 Å². The smallest absolute Gasteiger partial charge is 0.244 e. The van der Waals surface area contributed by atoms with Gasteiger partial charge in [0.2, 0.25) is 11.8 Å². The second-order valence-electron chi connectivity index (χ2n) is 6.42. The molecule has 1 fully saturated rings. The van der Waals surface area contributed by atoms with Gasteiger partial charge in [-0.15, -0.1) is 11.8 Å². The van der Waals surface area contributed by atoms with Gasteiger partial charge in [-0.1, -0.05) is 6.92 Å². The molecule has 6 nitrogen and oxygen atoms in total. The summed E-state index contributed by atoms with van der Waals surface area (Å²) in [7, 11) is -3.04. The van der Waals surface area contributed by atoms with E-state index in [1.54, 1.807) is 0 Å². The van der Waals surface area contributed by atoms with Gasteiger partial charge in [-0.3, -0.25) is 9.59 Å². The lowest BCUT2D eigenvalue weighted by Crippen LogP contribution is -2.40. The molecule has 156 valence electrons. The number of anilines is 1. The Bertz CT molecular complexity index is 849. The number of hydrogen-bond acceptors (Lipinski definition) is 5. The second-order valence-corrected chi connectivity index (χ2v) is 9.94. The zero-order valence-corrected chi connectivity index (χ0v) is 16.8. The summed E-state index contributed by atoms with van der Waals surface area (Å²) in [5.41, 5.74) is -0.515. The van der Waals surface area contributed by atoms with Gasteiger partial charge >= 0.3 is 0 Å². The van der Waals surface area contributed by atoms with Crippen LogP contribution in [0.4, 0.5) is 18.9 Å². The first-order valence-corrected chi connectivity index (χ1v) is 11.5. The van der Waals surface area contributed by atoms with Crippen molar-refractivity contribution in [1.29, 1.82) is 0 Å². The predicted octanol–water partition coefficient (Wildman–Crippen LogP) is 2.20. The van der Waals surface area contributed by atoms with Gasteiger partial charge in [0.25, 0.3) is 0 Å². The lowest BCUT2D eigenvalue weighted by Gasteiger charge is -2.22. The number of rotatable bonds is 8. The summed E-state index contributed by atoms with van der Waals surface area (Å²) in [5.74, 6) is -5.51. The van der Waals surface area contributed by atoms with Crippen molar-refractivity contribution < 1.29 is 31.2 Å². The zero-order chi connectivity index (χ0) is 20.9. The molecule has 2 amide bonds. The van der Waals surface area contributed by atoms with E-state index in [1.807, 2.05) is 6.92 Å². The normalized spacial score (nSPS) is 18.1. The summed E-state index contributed by atoms with van der Waals surface area (Å²) >= 11 is 1.23. The monoisotopic (exact) mass is 438 g/mol. The fourth-order valence-corrected chi connectivity index (χ4v) is 6.27. The summed E-state index contributed by atoms with van der Waals surface area (Å²) in [6, 6.07) is 1.59. The van der Waals surface area contributed by atoms with Crippen molar-refractivity contribution in [2.75, 3.05) is 35.7 Å². The Kier molecular flexibility index (Phi) is 7.76. The number of carbonyl (C=O) groups excluding carboxylic acids is 2. The van der Waals surface area contributed by atoms with Gasteiger partial charge in [-0.2, -0.15) is 0 Å². The first-order valence-electron chi connectivity index (χ1n) is 8.66. The molecule has 0 aromatic heterocycles. The highest BCUT2D eigenvalue weighted by Gasteiger charge is 2.29. The van der Waals surface area contributed by atoms with Crippen molar-refractivity contribution in [1.82, 2.24) is 4.90 Å². The van der Waals surface area contributed by atoms with E-state index in [4.69, 9.17) is 0 Å². The number of hydrogen-bond donors (Lipinski definition) is 1. The minimum atomic E-state index is -3.04.